The van der Waals surface area contributed by atoms with Crippen LogP contribution in [0.25, 0.3) is 0 Å². The molecule has 1 aromatic rings. The maximum atomic E-state index is 11.0. The molecule has 14 heavy (non-hydrogen) atoms. The molecular formula is C10H14AsNO2. The van der Waals surface area contributed by atoms with Crippen molar-refractivity contribution in [2.45, 2.75) is 11.4 Å². The molecule has 1 amide bonds. The molecule has 0 spiro atoms. The second kappa shape index (κ2) is 5.06. The predicted octanol–water partition coefficient (Wildman–Crippen LogP) is 1.37. The Morgan fingerprint density at radius 1 is 1.36 bits per heavy atom. The molecule has 0 saturated heterocycles. The zero-order valence-electron chi connectivity index (χ0n) is 8.57. The molecule has 0 aromatic heterocycles. The van der Waals surface area contributed by atoms with Gasteiger partial charge in [0.05, 0.1) is 0 Å². The third-order valence-corrected chi connectivity index (χ3v) is 4.55. The minimum atomic E-state index is -1.01. The summed E-state index contributed by atoms with van der Waals surface area (Å²) >= 11 is -1.01. The summed E-state index contributed by atoms with van der Waals surface area (Å²) < 4.78 is 6.33. The van der Waals surface area contributed by atoms with Crippen molar-refractivity contribution in [3.05, 3.63) is 24.3 Å². The van der Waals surface area contributed by atoms with Crippen LogP contribution in [0, 0.1) is 0 Å². The molecule has 1 rings (SSSR count). The number of hydrogen-bond acceptors (Lipinski definition) is 2. The maximum absolute atomic E-state index is 11.0. The van der Waals surface area contributed by atoms with Gasteiger partial charge in [-0.3, -0.25) is 0 Å². The van der Waals surface area contributed by atoms with E-state index in [1.165, 1.54) is 4.35 Å². The Morgan fingerprint density at radius 2 is 2.00 bits per heavy atom. The Labute approximate surface area is 88.7 Å². The first-order valence-corrected chi connectivity index (χ1v) is 9.00. The van der Waals surface area contributed by atoms with Crippen molar-refractivity contribution < 1.29 is 9.53 Å². The van der Waals surface area contributed by atoms with Gasteiger partial charge in [-0.15, -0.1) is 0 Å². The van der Waals surface area contributed by atoms with Crippen molar-refractivity contribution in [1.82, 2.24) is 5.32 Å². The summed E-state index contributed by atoms with van der Waals surface area (Å²) in [7, 11) is 1.55. The first kappa shape index (κ1) is 11.1. The van der Waals surface area contributed by atoms with Gasteiger partial charge in [0.1, 0.15) is 0 Å². The zero-order valence-corrected chi connectivity index (χ0v) is 10.4. The topological polar surface area (TPSA) is 38.3 Å². The standard InChI is InChI=1S/C10H14AsNO2/c1-11(2)8-6-4-5-7-9(8)14-10(13)12-3/h4-7H,1-3H3,(H,12,13). The average molecular weight is 255 g/mol. The Morgan fingerprint density at radius 3 is 2.57 bits per heavy atom. The van der Waals surface area contributed by atoms with E-state index in [1.807, 2.05) is 24.3 Å². The summed E-state index contributed by atoms with van der Waals surface area (Å²) in [5.74, 6) is 0.692. The Balaban J connectivity index is 2.90. The van der Waals surface area contributed by atoms with Crippen molar-refractivity contribution in [1.29, 1.82) is 0 Å². The van der Waals surface area contributed by atoms with Crippen molar-refractivity contribution in [2.75, 3.05) is 7.05 Å². The van der Waals surface area contributed by atoms with Gasteiger partial charge < -0.3 is 0 Å². The van der Waals surface area contributed by atoms with Gasteiger partial charge in [0.2, 0.25) is 0 Å². The molecule has 76 valence electrons. The van der Waals surface area contributed by atoms with Crippen LogP contribution in [0.4, 0.5) is 4.79 Å². The average Bonchev–Trinajstić information content (AvgIpc) is 2.18. The number of para-hydroxylation sites is 1. The van der Waals surface area contributed by atoms with Crippen molar-refractivity contribution in [3.63, 3.8) is 0 Å². The van der Waals surface area contributed by atoms with Gasteiger partial charge in [-0.25, -0.2) is 0 Å². The van der Waals surface area contributed by atoms with Crippen LogP contribution in [-0.4, -0.2) is 27.8 Å². The molecule has 0 fully saturated rings. The van der Waals surface area contributed by atoms with Crippen molar-refractivity contribution in [2.24, 2.45) is 0 Å². The van der Waals surface area contributed by atoms with Gasteiger partial charge in [0.25, 0.3) is 0 Å². The van der Waals surface area contributed by atoms with E-state index in [9.17, 15) is 4.79 Å². The molecule has 3 nitrogen and oxygen atoms in total. The fourth-order valence-electron chi connectivity index (χ4n) is 1.06. The summed E-state index contributed by atoms with van der Waals surface area (Å²) in [5.41, 5.74) is 4.41. The second-order valence-electron chi connectivity index (χ2n) is 3.00. The van der Waals surface area contributed by atoms with Crippen LogP contribution >= 0.6 is 0 Å². The third-order valence-electron chi connectivity index (χ3n) is 1.75. The molecule has 4 heteroatoms. The van der Waals surface area contributed by atoms with Gasteiger partial charge in [0.15, 0.2) is 0 Å². The van der Waals surface area contributed by atoms with Gasteiger partial charge in [-0.2, -0.15) is 0 Å². The zero-order chi connectivity index (χ0) is 10.6. The predicted molar refractivity (Wildman–Crippen MR) is 58.6 cm³/mol. The number of carbonyl (C=O) groups excluding carboxylic acids is 1. The minimum absolute atomic E-state index is 0.409. The van der Waals surface area contributed by atoms with Crippen LogP contribution in [0.3, 0.4) is 0 Å². The second-order valence-corrected chi connectivity index (χ2v) is 7.77. The van der Waals surface area contributed by atoms with E-state index in [-0.39, 0.29) is 0 Å². The first-order chi connectivity index (χ1) is 6.65. The van der Waals surface area contributed by atoms with E-state index in [4.69, 9.17) is 4.74 Å². The van der Waals surface area contributed by atoms with Gasteiger partial charge in [-0.05, 0) is 0 Å². The number of ether oxygens (including phenoxy) is 1. The van der Waals surface area contributed by atoms with Crippen LogP contribution in [0.1, 0.15) is 0 Å². The van der Waals surface area contributed by atoms with Crippen molar-refractivity contribution in [3.8, 4) is 5.75 Å². The molecule has 0 atom stereocenters. The van der Waals surface area contributed by atoms with E-state index in [0.717, 1.165) is 0 Å². The van der Waals surface area contributed by atoms with E-state index < -0.39 is 20.7 Å². The van der Waals surface area contributed by atoms with Crippen LogP contribution in [-0.2, 0) is 0 Å². The molecule has 0 radical (unpaired) electrons. The van der Waals surface area contributed by atoms with Gasteiger partial charge >= 0.3 is 88.4 Å². The molecule has 0 aliphatic heterocycles. The summed E-state index contributed by atoms with van der Waals surface area (Å²) in [6.45, 7) is 0. The molecule has 0 aliphatic rings. The van der Waals surface area contributed by atoms with Crippen molar-refractivity contribution >= 4 is 25.1 Å². The van der Waals surface area contributed by atoms with E-state index >= 15 is 0 Å². The molecule has 0 heterocycles. The monoisotopic (exact) mass is 255 g/mol. The van der Waals surface area contributed by atoms with Crippen LogP contribution in [0.5, 0.6) is 5.75 Å². The Kier molecular flexibility index (Phi) is 4.02. The van der Waals surface area contributed by atoms with Crippen LogP contribution < -0.4 is 14.4 Å². The molecular weight excluding hydrogens is 241 g/mol. The van der Waals surface area contributed by atoms with Gasteiger partial charge in [-0.1, -0.05) is 0 Å². The number of hydrogen-bond donors (Lipinski definition) is 1. The first-order valence-electron chi connectivity index (χ1n) is 4.31. The molecule has 0 aliphatic carbocycles. The normalized spacial score (nSPS) is 10.0. The quantitative estimate of drug-likeness (QED) is 0.810. The number of amides is 1. The molecule has 1 aromatic carbocycles. The summed E-state index contributed by atoms with van der Waals surface area (Å²) in [6.07, 6.45) is -0.409. The summed E-state index contributed by atoms with van der Waals surface area (Å²) in [5, 5.41) is 2.43. The number of benzene rings is 1. The third kappa shape index (κ3) is 2.78. The molecule has 1 N–H and O–H groups in total. The fraction of sp³-hybridized carbons (Fsp3) is 0.300. The summed E-state index contributed by atoms with van der Waals surface area (Å²) in [4.78, 5) is 11.0. The number of rotatable bonds is 2. The van der Waals surface area contributed by atoms with Gasteiger partial charge in [0, 0.05) is 0 Å². The molecule has 0 bridgehead atoms. The fourth-order valence-corrected chi connectivity index (χ4v) is 3.05. The molecule has 0 saturated carbocycles. The molecule has 0 unspecified atom stereocenters. The Hall–Kier alpha value is -0.952. The van der Waals surface area contributed by atoms with E-state index in [0.29, 0.717) is 5.75 Å². The van der Waals surface area contributed by atoms with E-state index in [1.54, 1.807) is 7.05 Å². The number of nitrogens with one attached hydrogen (secondary N) is 1. The van der Waals surface area contributed by atoms with E-state index in [2.05, 4.69) is 16.7 Å². The van der Waals surface area contributed by atoms with Crippen LogP contribution in [0.15, 0.2) is 24.3 Å². The number of carbonyl (C=O) groups is 1. The van der Waals surface area contributed by atoms with Crippen LogP contribution in [0.2, 0.25) is 11.4 Å². The SMILES string of the molecule is CNC(=O)Oc1ccccc1[As](C)C. The Bertz CT molecular complexity index is 326. The summed E-state index contributed by atoms with van der Waals surface area (Å²) in [6, 6.07) is 7.71.